The number of hydrogen-bond donors (Lipinski definition) is 1. The number of aliphatic hydroxyl groups excluding tert-OH is 1. The van der Waals surface area contributed by atoms with Crippen molar-refractivity contribution in [1.82, 2.24) is 18.9 Å². The molecule has 7 heteroatoms. The van der Waals surface area contributed by atoms with Gasteiger partial charge in [0.25, 0.3) is 5.91 Å². The average molecular weight is 396 g/mol. The minimum Gasteiger partial charge on any atom is -0.391 e. The monoisotopic (exact) mass is 396 g/mol. The molecule has 154 valence electrons. The molecule has 29 heavy (non-hydrogen) atoms. The summed E-state index contributed by atoms with van der Waals surface area (Å²) < 4.78 is 3.71. The van der Waals surface area contributed by atoms with Crippen molar-refractivity contribution in [3.8, 4) is 0 Å². The minimum atomic E-state index is -0.514. The van der Waals surface area contributed by atoms with Crippen LogP contribution in [0.5, 0.6) is 0 Å². The molecule has 1 aliphatic heterocycles. The number of carbonyl (C=O) groups excluding carboxylic acids is 2. The van der Waals surface area contributed by atoms with Gasteiger partial charge in [-0.25, -0.2) is 4.79 Å². The summed E-state index contributed by atoms with van der Waals surface area (Å²) >= 11 is 0. The van der Waals surface area contributed by atoms with Crippen molar-refractivity contribution in [3.63, 3.8) is 0 Å². The molecule has 1 atom stereocenters. The number of nitrogens with zero attached hydrogens (tertiary/aromatic N) is 4. The Bertz CT molecular complexity index is 1090. The van der Waals surface area contributed by atoms with Crippen LogP contribution in [0.4, 0.5) is 4.79 Å². The molecule has 3 aromatic rings. The highest BCUT2D eigenvalue weighted by atomic mass is 16.3. The standard InChI is InChI=1S/C22H28N4O3/c1-14(2)25-17-10-6-5-9-16(17)20-18(25)12-19(26(20)22(29)23(3)4)21(28)24-11-7-8-15(27)13-24/h5-6,9-10,12,14-15,27H,7-8,11,13H2,1-4H3. The topological polar surface area (TPSA) is 70.7 Å². The summed E-state index contributed by atoms with van der Waals surface area (Å²) in [6.07, 6.45) is 0.947. The first-order valence-electron chi connectivity index (χ1n) is 10.1. The molecule has 0 spiro atoms. The smallest absolute Gasteiger partial charge is 0.328 e. The predicted octanol–water partition coefficient (Wildman–Crippen LogP) is 3.30. The zero-order valence-corrected chi connectivity index (χ0v) is 17.4. The number of benzene rings is 1. The van der Waals surface area contributed by atoms with Gasteiger partial charge in [-0.3, -0.25) is 9.36 Å². The Morgan fingerprint density at radius 3 is 2.55 bits per heavy atom. The number of fused-ring (bicyclic) bond motifs is 3. The second-order valence-electron chi connectivity index (χ2n) is 8.30. The largest absolute Gasteiger partial charge is 0.391 e. The highest BCUT2D eigenvalue weighted by Crippen LogP contribution is 2.35. The third kappa shape index (κ3) is 3.09. The van der Waals surface area contributed by atoms with Crippen molar-refractivity contribution in [2.24, 2.45) is 0 Å². The molecule has 0 bridgehead atoms. The maximum absolute atomic E-state index is 13.4. The number of amides is 2. The zero-order valence-electron chi connectivity index (χ0n) is 17.4. The van der Waals surface area contributed by atoms with E-state index in [1.54, 1.807) is 23.6 Å². The summed E-state index contributed by atoms with van der Waals surface area (Å²) in [7, 11) is 3.38. The van der Waals surface area contributed by atoms with Gasteiger partial charge < -0.3 is 19.5 Å². The van der Waals surface area contributed by atoms with Crippen molar-refractivity contribution in [2.75, 3.05) is 27.2 Å². The van der Waals surface area contributed by atoms with E-state index in [0.717, 1.165) is 28.4 Å². The maximum Gasteiger partial charge on any atom is 0.328 e. The lowest BCUT2D eigenvalue weighted by Gasteiger charge is -2.30. The minimum absolute atomic E-state index is 0.169. The van der Waals surface area contributed by atoms with Crippen LogP contribution < -0.4 is 0 Å². The van der Waals surface area contributed by atoms with E-state index < -0.39 is 6.10 Å². The molecule has 2 aromatic heterocycles. The van der Waals surface area contributed by atoms with Crippen LogP contribution in [0.15, 0.2) is 30.3 Å². The van der Waals surface area contributed by atoms with E-state index in [1.807, 2.05) is 30.3 Å². The van der Waals surface area contributed by atoms with Gasteiger partial charge in [0.2, 0.25) is 0 Å². The van der Waals surface area contributed by atoms with Crippen LogP contribution in [0.2, 0.25) is 0 Å². The van der Waals surface area contributed by atoms with Crippen LogP contribution in [-0.2, 0) is 0 Å². The fourth-order valence-electron chi connectivity index (χ4n) is 4.37. The van der Waals surface area contributed by atoms with Crippen molar-refractivity contribution in [1.29, 1.82) is 0 Å². The fraction of sp³-hybridized carbons (Fsp3) is 0.455. The highest BCUT2D eigenvalue weighted by Gasteiger charge is 2.31. The molecule has 0 radical (unpaired) electrons. The summed E-state index contributed by atoms with van der Waals surface area (Å²) in [6.45, 7) is 5.08. The Morgan fingerprint density at radius 2 is 1.90 bits per heavy atom. The Kier molecular flexibility index (Phi) is 4.86. The lowest BCUT2D eigenvalue weighted by Crippen LogP contribution is -2.43. The third-order valence-electron chi connectivity index (χ3n) is 5.65. The van der Waals surface area contributed by atoms with Gasteiger partial charge in [0.1, 0.15) is 5.69 Å². The van der Waals surface area contributed by atoms with Crippen molar-refractivity contribution >= 4 is 33.9 Å². The van der Waals surface area contributed by atoms with Crippen LogP contribution in [0.1, 0.15) is 43.2 Å². The summed E-state index contributed by atoms with van der Waals surface area (Å²) in [5.41, 5.74) is 3.02. The van der Waals surface area contributed by atoms with E-state index in [2.05, 4.69) is 18.4 Å². The SMILES string of the molecule is CC(C)n1c2ccccc2c2c1cc(C(=O)N1CCCC(O)C1)n2C(=O)N(C)C. The quantitative estimate of drug-likeness (QED) is 0.722. The van der Waals surface area contributed by atoms with E-state index in [0.29, 0.717) is 25.2 Å². The number of para-hydroxylation sites is 1. The number of aromatic nitrogens is 2. The molecule has 1 saturated heterocycles. The zero-order chi connectivity index (χ0) is 20.9. The number of likely N-dealkylation sites (tertiary alicyclic amines) is 1. The lowest BCUT2D eigenvalue weighted by molar-refractivity contribution is 0.0466. The van der Waals surface area contributed by atoms with Crippen LogP contribution in [0.3, 0.4) is 0 Å². The van der Waals surface area contributed by atoms with E-state index >= 15 is 0 Å². The number of piperidine rings is 1. The van der Waals surface area contributed by atoms with E-state index in [-0.39, 0.29) is 18.0 Å². The third-order valence-corrected chi connectivity index (χ3v) is 5.65. The lowest BCUT2D eigenvalue weighted by atomic mass is 10.1. The Labute approximate surface area is 170 Å². The molecule has 0 aliphatic carbocycles. The average Bonchev–Trinajstić information content (AvgIpc) is 3.21. The van der Waals surface area contributed by atoms with Crippen molar-refractivity contribution < 1.29 is 14.7 Å². The molecular formula is C22H28N4O3. The van der Waals surface area contributed by atoms with E-state index in [9.17, 15) is 14.7 Å². The first-order valence-corrected chi connectivity index (χ1v) is 10.1. The van der Waals surface area contributed by atoms with E-state index in [1.165, 1.54) is 4.90 Å². The van der Waals surface area contributed by atoms with Gasteiger partial charge in [-0.1, -0.05) is 18.2 Å². The number of aliphatic hydroxyl groups is 1. The normalized spacial score (nSPS) is 17.4. The fourth-order valence-corrected chi connectivity index (χ4v) is 4.37. The maximum atomic E-state index is 13.4. The van der Waals surface area contributed by atoms with Crippen molar-refractivity contribution in [2.45, 2.75) is 38.8 Å². The summed E-state index contributed by atoms with van der Waals surface area (Å²) in [6, 6.07) is 9.72. The van der Waals surface area contributed by atoms with Gasteiger partial charge in [0, 0.05) is 38.6 Å². The number of rotatable bonds is 2. The molecule has 7 nitrogen and oxygen atoms in total. The molecule has 1 unspecified atom stereocenters. The van der Waals surface area contributed by atoms with Crippen LogP contribution >= 0.6 is 0 Å². The molecular weight excluding hydrogens is 368 g/mol. The molecule has 1 fully saturated rings. The first kappa shape index (κ1) is 19.5. The molecule has 1 aromatic carbocycles. The molecule has 0 saturated carbocycles. The van der Waals surface area contributed by atoms with Gasteiger partial charge in [-0.15, -0.1) is 0 Å². The number of β-amino-alcohol motifs (C(OH)–C–C–N with tert-alkyl or cyclic N) is 1. The van der Waals surface area contributed by atoms with Crippen LogP contribution in [0, 0.1) is 0 Å². The molecule has 2 amide bonds. The second-order valence-corrected chi connectivity index (χ2v) is 8.30. The Hall–Kier alpha value is -2.80. The van der Waals surface area contributed by atoms with Crippen LogP contribution in [-0.4, -0.2) is 69.3 Å². The highest BCUT2D eigenvalue weighted by molar-refractivity contribution is 6.14. The molecule has 1 N–H and O–H groups in total. The summed E-state index contributed by atoms with van der Waals surface area (Å²) in [5, 5.41) is 11.0. The molecule has 3 heterocycles. The molecule has 4 rings (SSSR count). The molecule has 1 aliphatic rings. The predicted molar refractivity (Wildman–Crippen MR) is 113 cm³/mol. The number of carbonyl (C=O) groups is 2. The first-order chi connectivity index (χ1) is 13.8. The summed E-state index contributed by atoms with van der Waals surface area (Å²) in [5.74, 6) is -0.213. The van der Waals surface area contributed by atoms with Gasteiger partial charge in [-0.2, -0.15) is 0 Å². The Morgan fingerprint density at radius 1 is 1.17 bits per heavy atom. The van der Waals surface area contributed by atoms with Crippen molar-refractivity contribution in [3.05, 3.63) is 36.0 Å². The van der Waals surface area contributed by atoms with Gasteiger partial charge in [0.05, 0.1) is 22.7 Å². The van der Waals surface area contributed by atoms with Crippen LogP contribution in [0.25, 0.3) is 21.9 Å². The number of hydrogen-bond acceptors (Lipinski definition) is 3. The van der Waals surface area contributed by atoms with Gasteiger partial charge in [-0.05, 0) is 38.8 Å². The second kappa shape index (κ2) is 7.22. The van der Waals surface area contributed by atoms with E-state index in [4.69, 9.17) is 0 Å². The Balaban J connectivity index is 1.99. The van der Waals surface area contributed by atoms with Gasteiger partial charge in [0.15, 0.2) is 0 Å². The van der Waals surface area contributed by atoms with Gasteiger partial charge >= 0.3 is 6.03 Å². The summed E-state index contributed by atoms with van der Waals surface area (Å²) in [4.78, 5) is 29.7.